The van der Waals surface area contributed by atoms with E-state index in [1.54, 1.807) is 24.3 Å². The topological polar surface area (TPSA) is 202 Å². The summed E-state index contributed by atoms with van der Waals surface area (Å²) in [5, 5.41) is 9.42. The number of benzene rings is 1. The van der Waals surface area contributed by atoms with Crippen LogP contribution < -0.4 is 22.3 Å². The summed E-state index contributed by atoms with van der Waals surface area (Å²) in [5.74, 6) is -2.50. The number of hydrogen-bond acceptors (Lipinski definition) is 9. The zero-order valence-corrected chi connectivity index (χ0v) is 21.4. The maximum atomic E-state index is 13.0. The summed E-state index contributed by atoms with van der Waals surface area (Å²) < 4.78 is 4.92. The molecule has 1 saturated heterocycles. The summed E-state index contributed by atoms with van der Waals surface area (Å²) >= 11 is 0. The van der Waals surface area contributed by atoms with Gasteiger partial charge in [0.2, 0.25) is 11.9 Å². The van der Waals surface area contributed by atoms with Crippen LogP contribution in [0.15, 0.2) is 35.4 Å². The SMILES string of the molecule is CCCCCN(C[C@@H]1NC(=O)N(N(CCC(=O)ONC(=O)OCc2ccccc2)C(C)=O)C1=O)N=C(N)N. The zero-order chi connectivity index (χ0) is 28.1. The second-order valence-electron chi connectivity index (χ2n) is 8.33. The van der Waals surface area contributed by atoms with E-state index in [4.69, 9.17) is 16.2 Å². The Morgan fingerprint density at radius 1 is 1.13 bits per heavy atom. The van der Waals surface area contributed by atoms with Crippen LogP contribution in [0, 0.1) is 0 Å². The Labute approximate surface area is 220 Å². The fraction of sp³-hybridized carbons (Fsp3) is 0.478. The summed E-state index contributed by atoms with van der Waals surface area (Å²) in [5.41, 5.74) is 13.5. The van der Waals surface area contributed by atoms with E-state index in [1.165, 1.54) is 5.01 Å². The molecule has 1 aliphatic heterocycles. The normalized spacial score (nSPS) is 14.4. The predicted molar refractivity (Wildman–Crippen MR) is 134 cm³/mol. The quantitative estimate of drug-likeness (QED) is 0.0885. The molecule has 1 heterocycles. The molecule has 5 amide bonds. The predicted octanol–water partition coefficient (Wildman–Crippen LogP) is 0.126. The number of ether oxygens (including phenoxy) is 1. The molecular weight excluding hydrogens is 500 g/mol. The number of unbranched alkanes of at least 4 members (excludes halogenated alkanes) is 2. The maximum absolute atomic E-state index is 13.0. The Morgan fingerprint density at radius 2 is 1.84 bits per heavy atom. The number of amides is 5. The number of hydrogen-bond donors (Lipinski definition) is 4. The molecule has 1 atom stereocenters. The first kappa shape index (κ1) is 29.7. The number of hydroxylamine groups is 1. The van der Waals surface area contributed by atoms with E-state index in [2.05, 4.69) is 15.3 Å². The largest absolute Gasteiger partial charge is 0.443 e. The Kier molecular flexibility index (Phi) is 11.6. The van der Waals surface area contributed by atoms with Crippen molar-refractivity contribution in [3.63, 3.8) is 0 Å². The molecule has 0 unspecified atom stereocenters. The van der Waals surface area contributed by atoms with E-state index >= 15 is 0 Å². The Bertz CT molecular complexity index is 1020. The van der Waals surface area contributed by atoms with E-state index in [9.17, 15) is 24.0 Å². The highest BCUT2D eigenvalue weighted by molar-refractivity contribution is 6.05. The monoisotopic (exact) mass is 534 g/mol. The van der Waals surface area contributed by atoms with Crippen LogP contribution in [0.1, 0.15) is 45.1 Å². The molecule has 1 fully saturated rings. The number of nitrogens with one attached hydrogen (secondary N) is 2. The van der Waals surface area contributed by atoms with Gasteiger partial charge in [-0.2, -0.15) is 5.01 Å². The lowest BCUT2D eigenvalue weighted by atomic mass is 10.2. The number of carbonyl (C=O) groups excluding carboxylic acids is 5. The van der Waals surface area contributed by atoms with Gasteiger partial charge >= 0.3 is 18.1 Å². The van der Waals surface area contributed by atoms with Gasteiger partial charge in [0.15, 0.2) is 0 Å². The van der Waals surface area contributed by atoms with E-state index in [0.29, 0.717) is 11.6 Å². The maximum Gasteiger partial charge on any atom is 0.441 e. The molecule has 15 heteroatoms. The Morgan fingerprint density at radius 3 is 2.47 bits per heavy atom. The molecule has 38 heavy (non-hydrogen) atoms. The van der Waals surface area contributed by atoms with Crippen LogP contribution in [0.4, 0.5) is 9.59 Å². The van der Waals surface area contributed by atoms with Gasteiger partial charge in [0.25, 0.3) is 5.91 Å². The highest BCUT2D eigenvalue weighted by Gasteiger charge is 2.43. The zero-order valence-electron chi connectivity index (χ0n) is 21.4. The number of nitrogens with zero attached hydrogens (tertiary/aromatic N) is 4. The van der Waals surface area contributed by atoms with Gasteiger partial charge in [0, 0.05) is 13.5 Å². The number of guanidine groups is 1. The number of hydrazone groups is 1. The molecule has 2 rings (SSSR count). The molecule has 0 saturated carbocycles. The van der Waals surface area contributed by atoms with E-state index in [0.717, 1.165) is 36.8 Å². The summed E-state index contributed by atoms with van der Waals surface area (Å²) in [6.45, 7) is 3.20. The van der Waals surface area contributed by atoms with Crippen molar-refractivity contribution in [1.29, 1.82) is 0 Å². The highest BCUT2D eigenvalue weighted by Crippen LogP contribution is 2.14. The van der Waals surface area contributed by atoms with Crippen LogP contribution in [-0.4, -0.2) is 76.6 Å². The molecule has 0 spiro atoms. The molecule has 1 aromatic carbocycles. The summed E-state index contributed by atoms with van der Waals surface area (Å²) in [6, 6.07) is 7.00. The average molecular weight is 535 g/mol. The van der Waals surface area contributed by atoms with Gasteiger partial charge in [0.05, 0.1) is 19.5 Å². The fourth-order valence-electron chi connectivity index (χ4n) is 3.47. The molecule has 0 aliphatic carbocycles. The van der Waals surface area contributed by atoms with E-state index < -0.39 is 42.4 Å². The fourth-order valence-corrected chi connectivity index (χ4v) is 3.47. The minimum Gasteiger partial charge on any atom is -0.443 e. The van der Waals surface area contributed by atoms with Crippen molar-refractivity contribution < 1.29 is 33.5 Å². The van der Waals surface area contributed by atoms with Crippen LogP contribution in [0.5, 0.6) is 0 Å². The van der Waals surface area contributed by atoms with Crippen molar-refractivity contribution in [3.8, 4) is 0 Å². The third kappa shape index (κ3) is 9.48. The molecule has 0 bridgehead atoms. The smallest absolute Gasteiger partial charge is 0.441 e. The summed E-state index contributed by atoms with van der Waals surface area (Å²) in [7, 11) is 0. The second kappa shape index (κ2) is 14.9. The summed E-state index contributed by atoms with van der Waals surface area (Å²) in [6.07, 6.45) is 1.22. The minimum absolute atomic E-state index is 0.0223. The number of urea groups is 1. The Hall–Kier alpha value is -4.56. The van der Waals surface area contributed by atoms with Crippen molar-refractivity contribution in [2.24, 2.45) is 16.6 Å². The third-order valence-electron chi connectivity index (χ3n) is 5.26. The van der Waals surface area contributed by atoms with Crippen LogP contribution in [-0.2, 0) is 30.6 Å². The van der Waals surface area contributed by atoms with Crippen molar-refractivity contribution >= 4 is 35.9 Å². The number of hydrazine groups is 1. The molecule has 0 radical (unpaired) electrons. The van der Waals surface area contributed by atoms with Crippen molar-refractivity contribution in [2.45, 2.75) is 52.2 Å². The first-order valence-corrected chi connectivity index (χ1v) is 12.1. The van der Waals surface area contributed by atoms with Gasteiger partial charge in [-0.25, -0.2) is 19.4 Å². The van der Waals surface area contributed by atoms with Gasteiger partial charge in [0.1, 0.15) is 12.6 Å². The highest BCUT2D eigenvalue weighted by atomic mass is 16.7. The third-order valence-corrected chi connectivity index (χ3v) is 5.26. The lowest BCUT2D eigenvalue weighted by Crippen LogP contribution is -2.51. The van der Waals surface area contributed by atoms with Gasteiger partial charge in [-0.1, -0.05) is 50.1 Å². The first-order chi connectivity index (χ1) is 18.1. The average Bonchev–Trinajstić information content (AvgIpc) is 3.14. The van der Waals surface area contributed by atoms with E-state index in [-0.39, 0.29) is 25.7 Å². The Balaban J connectivity index is 1.89. The molecule has 208 valence electrons. The van der Waals surface area contributed by atoms with Crippen LogP contribution >= 0.6 is 0 Å². The van der Waals surface area contributed by atoms with Crippen LogP contribution in [0.25, 0.3) is 0 Å². The molecular formula is C23H34N8O7. The lowest BCUT2D eigenvalue weighted by molar-refractivity contribution is -0.158. The number of nitrogens with two attached hydrogens (primary N) is 2. The molecule has 6 N–H and O–H groups in total. The summed E-state index contributed by atoms with van der Waals surface area (Å²) in [4.78, 5) is 66.2. The lowest BCUT2D eigenvalue weighted by Gasteiger charge is -2.28. The molecule has 1 aliphatic rings. The van der Waals surface area contributed by atoms with Crippen molar-refractivity contribution in [2.75, 3.05) is 19.6 Å². The van der Waals surface area contributed by atoms with Gasteiger partial charge in [-0.3, -0.25) is 14.6 Å². The molecule has 0 aromatic heterocycles. The minimum atomic E-state index is -1.03. The van der Waals surface area contributed by atoms with Gasteiger partial charge in [-0.15, -0.1) is 10.6 Å². The number of rotatable bonds is 13. The number of carbonyl (C=O) groups is 5. The number of imide groups is 1. The van der Waals surface area contributed by atoms with Crippen LogP contribution in [0.2, 0.25) is 0 Å². The van der Waals surface area contributed by atoms with E-state index in [1.807, 2.05) is 18.5 Å². The molecule has 15 nitrogen and oxygen atoms in total. The van der Waals surface area contributed by atoms with Crippen molar-refractivity contribution in [1.82, 2.24) is 25.8 Å². The first-order valence-electron chi connectivity index (χ1n) is 12.1. The van der Waals surface area contributed by atoms with Gasteiger partial charge < -0.3 is 26.4 Å². The van der Waals surface area contributed by atoms with Crippen LogP contribution in [0.3, 0.4) is 0 Å². The standard InChI is InChI=1S/C23H34N8O7/c1-3-4-8-12-29(27-21(24)25)14-18-20(34)31(22(35)26-18)30(16(2)32)13-11-19(33)38-28-23(36)37-15-17-9-6-5-7-10-17/h5-7,9-10,18H,3-4,8,11-15H2,1-2H3,(H,26,35)(H,28,36)(H4,24,25,27)/t18-/m0/s1. The second-order valence-corrected chi connectivity index (χ2v) is 8.33. The molecule has 1 aromatic rings. The van der Waals surface area contributed by atoms with Gasteiger partial charge in [-0.05, 0) is 12.0 Å². The van der Waals surface area contributed by atoms with Crippen molar-refractivity contribution in [3.05, 3.63) is 35.9 Å².